The quantitative estimate of drug-likeness (QED) is 0.325. The fraction of sp³-hybridized carbons (Fsp3) is 0.333. The SMILES string of the molecule is CC[C@@H](C)c1ccccc1OC(=O)[C@H]1CC(=O)N(c2ccc([N+](=O)[O-])cc2)C1. The second kappa shape index (κ2) is 8.21. The number of rotatable bonds is 6. The van der Waals surface area contributed by atoms with Gasteiger partial charge in [-0.05, 0) is 36.1 Å². The van der Waals surface area contributed by atoms with Gasteiger partial charge in [0, 0.05) is 30.8 Å². The number of anilines is 1. The highest BCUT2D eigenvalue weighted by Gasteiger charge is 2.36. The zero-order valence-corrected chi connectivity index (χ0v) is 15.8. The van der Waals surface area contributed by atoms with E-state index < -0.39 is 16.8 Å². The van der Waals surface area contributed by atoms with Crippen molar-refractivity contribution >= 4 is 23.3 Å². The Morgan fingerprint density at radius 2 is 1.93 bits per heavy atom. The van der Waals surface area contributed by atoms with Gasteiger partial charge in [-0.25, -0.2) is 0 Å². The number of carbonyl (C=O) groups is 2. The fourth-order valence-corrected chi connectivity index (χ4v) is 3.26. The summed E-state index contributed by atoms with van der Waals surface area (Å²) in [4.78, 5) is 36.8. The molecule has 3 rings (SSSR count). The molecule has 146 valence electrons. The van der Waals surface area contributed by atoms with E-state index in [1.807, 2.05) is 18.2 Å². The van der Waals surface area contributed by atoms with Crippen molar-refractivity contribution in [3.8, 4) is 5.75 Å². The molecule has 0 spiro atoms. The number of hydrogen-bond donors (Lipinski definition) is 0. The number of nitrogens with zero attached hydrogens (tertiary/aromatic N) is 2. The van der Waals surface area contributed by atoms with Crippen LogP contribution < -0.4 is 9.64 Å². The molecular formula is C21H22N2O5. The van der Waals surface area contributed by atoms with Crippen LogP contribution in [0.3, 0.4) is 0 Å². The van der Waals surface area contributed by atoms with Crippen LogP contribution in [0.4, 0.5) is 11.4 Å². The number of carbonyl (C=O) groups excluding carboxylic acids is 2. The van der Waals surface area contributed by atoms with Crippen molar-refractivity contribution in [3.05, 3.63) is 64.2 Å². The van der Waals surface area contributed by atoms with Crippen molar-refractivity contribution in [2.45, 2.75) is 32.6 Å². The van der Waals surface area contributed by atoms with Gasteiger partial charge < -0.3 is 9.64 Å². The maximum atomic E-state index is 12.7. The normalized spacial score (nSPS) is 17.4. The first kappa shape index (κ1) is 19.5. The number of para-hydroxylation sites is 1. The van der Waals surface area contributed by atoms with E-state index >= 15 is 0 Å². The third kappa shape index (κ3) is 4.03. The van der Waals surface area contributed by atoms with E-state index in [-0.39, 0.29) is 30.5 Å². The number of ether oxygens (including phenoxy) is 1. The lowest BCUT2D eigenvalue weighted by Gasteiger charge is -2.17. The average Bonchev–Trinajstić information content (AvgIpc) is 3.09. The van der Waals surface area contributed by atoms with E-state index in [0.717, 1.165) is 12.0 Å². The van der Waals surface area contributed by atoms with Gasteiger partial charge in [0.1, 0.15) is 5.75 Å². The highest BCUT2D eigenvalue weighted by molar-refractivity contribution is 5.99. The Morgan fingerprint density at radius 1 is 1.25 bits per heavy atom. The Hall–Kier alpha value is -3.22. The van der Waals surface area contributed by atoms with Crippen molar-refractivity contribution in [1.82, 2.24) is 0 Å². The van der Waals surface area contributed by atoms with Crippen LogP contribution in [0.25, 0.3) is 0 Å². The lowest BCUT2D eigenvalue weighted by atomic mass is 9.98. The number of nitro groups is 1. The van der Waals surface area contributed by atoms with E-state index in [0.29, 0.717) is 11.4 Å². The second-order valence-electron chi connectivity index (χ2n) is 6.95. The summed E-state index contributed by atoms with van der Waals surface area (Å²) in [5.41, 5.74) is 1.45. The lowest BCUT2D eigenvalue weighted by molar-refractivity contribution is -0.384. The Balaban J connectivity index is 1.71. The van der Waals surface area contributed by atoms with E-state index in [4.69, 9.17) is 4.74 Å². The molecule has 0 saturated carbocycles. The van der Waals surface area contributed by atoms with Crippen LogP contribution in [0, 0.1) is 16.0 Å². The van der Waals surface area contributed by atoms with Gasteiger partial charge in [0.15, 0.2) is 0 Å². The van der Waals surface area contributed by atoms with E-state index in [1.165, 1.54) is 29.2 Å². The molecule has 0 bridgehead atoms. The highest BCUT2D eigenvalue weighted by Crippen LogP contribution is 2.31. The van der Waals surface area contributed by atoms with Crippen molar-refractivity contribution in [1.29, 1.82) is 0 Å². The van der Waals surface area contributed by atoms with Gasteiger partial charge >= 0.3 is 5.97 Å². The Kier molecular flexibility index (Phi) is 5.73. The second-order valence-corrected chi connectivity index (χ2v) is 6.95. The molecule has 1 saturated heterocycles. The van der Waals surface area contributed by atoms with Crippen molar-refractivity contribution < 1.29 is 19.2 Å². The smallest absolute Gasteiger partial charge is 0.316 e. The largest absolute Gasteiger partial charge is 0.426 e. The zero-order valence-electron chi connectivity index (χ0n) is 15.8. The van der Waals surface area contributed by atoms with Gasteiger partial charge in [0.2, 0.25) is 5.91 Å². The van der Waals surface area contributed by atoms with Gasteiger partial charge in [-0.15, -0.1) is 0 Å². The summed E-state index contributed by atoms with van der Waals surface area (Å²) < 4.78 is 5.63. The summed E-state index contributed by atoms with van der Waals surface area (Å²) >= 11 is 0. The zero-order chi connectivity index (χ0) is 20.3. The molecule has 1 aliphatic rings. The van der Waals surface area contributed by atoms with E-state index in [2.05, 4.69) is 13.8 Å². The van der Waals surface area contributed by atoms with Crippen LogP contribution in [0.5, 0.6) is 5.75 Å². The lowest BCUT2D eigenvalue weighted by Crippen LogP contribution is -2.27. The third-order valence-electron chi connectivity index (χ3n) is 5.10. The average molecular weight is 382 g/mol. The molecule has 2 aromatic carbocycles. The molecule has 2 atom stereocenters. The number of nitro benzene ring substituents is 1. The predicted octanol–water partition coefficient (Wildman–Crippen LogP) is 4.07. The van der Waals surface area contributed by atoms with Gasteiger partial charge in [0.05, 0.1) is 10.8 Å². The summed E-state index contributed by atoms with van der Waals surface area (Å²) in [7, 11) is 0. The van der Waals surface area contributed by atoms with Crippen LogP contribution in [-0.2, 0) is 9.59 Å². The number of benzene rings is 2. The first-order valence-electron chi connectivity index (χ1n) is 9.26. The summed E-state index contributed by atoms with van der Waals surface area (Å²) in [5.74, 6) is -0.430. The number of amides is 1. The van der Waals surface area contributed by atoms with Gasteiger partial charge in [-0.2, -0.15) is 0 Å². The minimum absolute atomic E-state index is 0.0481. The first-order chi connectivity index (χ1) is 13.4. The number of non-ortho nitro benzene ring substituents is 1. The maximum absolute atomic E-state index is 12.7. The molecule has 1 fully saturated rings. The van der Waals surface area contributed by atoms with Gasteiger partial charge in [-0.3, -0.25) is 19.7 Å². The molecule has 7 nitrogen and oxygen atoms in total. The third-order valence-corrected chi connectivity index (χ3v) is 5.10. The van der Waals surface area contributed by atoms with Crippen LogP contribution in [0.2, 0.25) is 0 Å². The van der Waals surface area contributed by atoms with Crippen LogP contribution >= 0.6 is 0 Å². The Bertz CT molecular complexity index is 894. The van der Waals surface area contributed by atoms with Gasteiger partial charge in [-0.1, -0.05) is 32.0 Å². The Morgan fingerprint density at radius 3 is 2.57 bits per heavy atom. The summed E-state index contributed by atoms with van der Waals surface area (Å²) in [6, 6.07) is 13.2. The molecule has 1 aliphatic heterocycles. The summed E-state index contributed by atoms with van der Waals surface area (Å²) in [6.45, 7) is 4.34. The number of hydrogen-bond acceptors (Lipinski definition) is 5. The molecule has 0 aromatic heterocycles. The van der Waals surface area contributed by atoms with Crippen molar-refractivity contribution in [2.24, 2.45) is 5.92 Å². The molecule has 1 heterocycles. The molecule has 7 heteroatoms. The predicted molar refractivity (Wildman–Crippen MR) is 104 cm³/mol. The molecule has 0 aliphatic carbocycles. The summed E-state index contributed by atoms with van der Waals surface area (Å²) in [6.07, 6.45) is 0.978. The minimum atomic E-state index is -0.576. The molecule has 28 heavy (non-hydrogen) atoms. The molecule has 0 unspecified atom stereocenters. The van der Waals surface area contributed by atoms with E-state index in [1.54, 1.807) is 6.07 Å². The standard InChI is InChI=1S/C21H22N2O5/c1-3-14(2)18-6-4-5-7-19(18)28-21(25)15-12-20(24)22(13-15)16-8-10-17(11-9-16)23(26)27/h4-11,14-15H,3,12-13H2,1-2H3/t14-,15+/m1/s1. The molecule has 1 amide bonds. The van der Waals surface area contributed by atoms with Gasteiger partial charge in [0.25, 0.3) is 5.69 Å². The molecule has 2 aromatic rings. The van der Waals surface area contributed by atoms with Crippen LogP contribution in [0.1, 0.15) is 38.2 Å². The summed E-state index contributed by atoms with van der Waals surface area (Å²) in [5, 5.41) is 10.8. The Labute approximate surface area is 163 Å². The van der Waals surface area contributed by atoms with E-state index in [9.17, 15) is 19.7 Å². The molecule has 0 radical (unpaired) electrons. The molecular weight excluding hydrogens is 360 g/mol. The highest BCUT2D eigenvalue weighted by atomic mass is 16.6. The molecule has 0 N–H and O–H groups in total. The van der Waals surface area contributed by atoms with Crippen LogP contribution in [0.15, 0.2) is 48.5 Å². The topological polar surface area (TPSA) is 89.8 Å². The minimum Gasteiger partial charge on any atom is -0.426 e. The first-order valence-corrected chi connectivity index (χ1v) is 9.26. The van der Waals surface area contributed by atoms with Crippen LogP contribution in [-0.4, -0.2) is 23.3 Å². The number of esters is 1. The van der Waals surface area contributed by atoms with Crippen molar-refractivity contribution in [2.75, 3.05) is 11.4 Å². The maximum Gasteiger partial charge on any atom is 0.316 e. The van der Waals surface area contributed by atoms with Crippen molar-refractivity contribution in [3.63, 3.8) is 0 Å². The fourth-order valence-electron chi connectivity index (χ4n) is 3.26. The monoisotopic (exact) mass is 382 g/mol.